The van der Waals surface area contributed by atoms with Gasteiger partial charge in [0, 0.05) is 10.0 Å². The Morgan fingerprint density at radius 2 is 2.24 bits per heavy atom. The van der Waals surface area contributed by atoms with Crippen LogP contribution in [0.1, 0.15) is 18.2 Å². The van der Waals surface area contributed by atoms with E-state index in [-0.39, 0.29) is 5.82 Å². The van der Waals surface area contributed by atoms with Crippen LogP contribution in [0.2, 0.25) is 0 Å². The van der Waals surface area contributed by atoms with Gasteiger partial charge in [-0.2, -0.15) is 0 Å². The summed E-state index contributed by atoms with van der Waals surface area (Å²) in [7, 11) is 1.99. The first kappa shape index (κ1) is 14.8. The third kappa shape index (κ3) is 2.55. The van der Waals surface area contributed by atoms with Crippen molar-refractivity contribution in [2.45, 2.75) is 19.0 Å². The van der Waals surface area contributed by atoms with E-state index in [0.717, 1.165) is 15.2 Å². The zero-order valence-corrected chi connectivity index (χ0v) is 14.5. The van der Waals surface area contributed by atoms with Crippen LogP contribution >= 0.6 is 27.7 Å². The molecule has 3 rings (SSSR count). The van der Waals surface area contributed by atoms with E-state index in [1.165, 1.54) is 6.07 Å². The second-order valence-corrected chi connectivity index (χ2v) is 7.15. The molecule has 1 aromatic carbocycles. The molecule has 0 saturated carbocycles. The van der Waals surface area contributed by atoms with E-state index < -0.39 is 5.54 Å². The summed E-state index contributed by atoms with van der Waals surface area (Å²) in [5, 5.41) is 0.934. The molecule has 1 aliphatic heterocycles. The Bertz CT molecular complexity index is 741. The molecule has 0 radical (unpaired) electrons. The normalized spacial score (nSPS) is 21.1. The number of aliphatic imine (C=N–C) groups is 1. The second-order valence-electron chi connectivity index (χ2n) is 5.44. The van der Waals surface area contributed by atoms with E-state index in [1.54, 1.807) is 17.8 Å². The summed E-state index contributed by atoms with van der Waals surface area (Å²) in [5.74, 6) is -0.218. The number of halogens is 2. The quantitative estimate of drug-likeness (QED) is 0.707. The van der Waals surface area contributed by atoms with Crippen molar-refractivity contribution in [2.75, 3.05) is 6.26 Å². The number of hydrogen-bond acceptors (Lipinski definition) is 2. The van der Waals surface area contributed by atoms with Gasteiger partial charge in [0.1, 0.15) is 29.1 Å². The Morgan fingerprint density at radius 1 is 1.48 bits per heavy atom. The smallest absolute Gasteiger partial charge is 0.244 e. The lowest BCUT2D eigenvalue weighted by atomic mass is 9.91. The zero-order chi connectivity index (χ0) is 15.2. The molecule has 0 aliphatic carbocycles. The van der Waals surface area contributed by atoms with E-state index >= 15 is 0 Å². The van der Waals surface area contributed by atoms with Crippen LogP contribution in [0.3, 0.4) is 0 Å². The lowest BCUT2D eigenvalue weighted by molar-refractivity contribution is -0.671. The first-order valence-corrected chi connectivity index (χ1v) is 8.60. The van der Waals surface area contributed by atoms with Crippen molar-refractivity contribution in [1.82, 2.24) is 4.57 Å². The summed E-state index contributed by atoms with van der Waals surface area (Å²) >= 11 is 5.01. The number of hydrogen-bond donors (Lipinski definition) is 0. The maximum absolute atomic E-state index is 14.3. The van der Waals surface area contributed by atoms with Crippen LogP contribution in [0.4, 0.5) is 4.39 Å². The molecule has 1 atom stereocenters. The van der Waals surface area contributed by atoms with E-state index in [2.05, 4.69) is 20.5 Å². The highest BCUT2D eigenvalue weighted by molar-refractivity contribution is 9.10. The third-order valence-electron chi connectivity index (χ3n) is 3.70. The highest BCUT2D eigenvalue weighted by atomic mass is 79.9. The fourth-order valence-electron chi connectivity index (χ4n) is 2.74. The van der Waals surface area contributed by atoms with Gasteiger partial charge >= 0.3 is 0 Å². The number of thioether (sulfide) groups is 1. The van der Waals surface area contributed by atoms with Crippen LogP contribution in [0.15, 0.2) is 40.2 Å². The highest BCUT2D eigenvalue weighted by Gasteiger charge is 2.38. The molecule has 6 heteroatoms. The lowest BCUT2D eigenvalue weighted by Crippen LogP contribution is -2.33. The van der Waals surface area contributed by atoms with Gasteiger partial charge in [0.15, 0.2) is 5.69 Å². The minimum Gasteiger partial charge on any atom is -0.259 e. The topological polar surface area (TPSA) is 21.2 Å². The summed E-state index contributed by atoms with van der Waals surface area (Å²) in [6.07, 6.45) is 6.07. The zero-order valence-electron chi connectivity index (χ0n) is 12.1. The molecule has 0 bridgehead atoms. The highest BCUT2D eigenvalue weighted by Crippen LogP contribution is 2.36. The predicted molar refractivity (Wildman–Crippen MR) is 87.1 cm³/mol. The number of nitrogens with zero attached hydrogens (tertiary/aromatic N) is 3. The average molecular weight is 369 g/mol. The van der Waals surface area contributed by atoms with Crippen molar-refractivity contribution in [3.8, 4) is 0 Å². The van der Waals surface area contributed by atoms with Crippen LogP contribution in [0.5, 0.6) is 0 Å². The van der Waals surface area contributed by atoms with Gasteiger partial charge in [0.2, 0.25) is 6.33 Å². The van der Waals surface area contributed by atoms with Gasteiger partial charge in [0.05, 0.1) is 7.05 Å². The number of benzene rings is 1. The van der Waals surface area contributed by atoms with Gasteiger partial charge < -0.3 is 0 Å². The monoisotopic (exact) mass is 368 g/mol. The fraction of sp³-hybridized carbons (Fsp3) is 0.333. The molecule has 2 heterocycles. The predicted octanol–water partition coefficient (Wildman–Crippen LogP) is 3.25. The van der Waals surface area contributed by atoms with Crippen LogP contribution in [0, 0.1) is 5.82 Å². The molecule has 0 unspecified atom stereocenters. The number of aromatic nitrogens is 2. The van der Waals surface area contributed by atoms with Gasteiger partial charge in [-0.25, -0.2) is 13.5 Å². The van der Waals surface area contributed by atoms with Crippen LogP contribution < -0.4 is 4.57 Å². The first-order valence-electron chi connectivity index (χ1n) is 6.58. The van der Waals surface area contributed by atoms with E-state index in [1.807, 2.05) is 43.4 Å². The number of imidazole rings is 1. The molecular formula is C15H16BrFN3S+. The van der Waals surface area contributed by atoms with Crippen LogP contribution in [0.25, 0.3) is 0 Å². The lowest BCUT2D eigenvalue weighted by Gasteiger charge is -2.29. The number of rotatable bonds is 1. The van der Waals surface area contributed by atoms with E-state index in [0.29, 0.717) is 12.1 Å². The first-order chi connectivity index (χ1) is 9.93. The molecule has 3 nitrogen and oxygen atoms in total. The Balaban J connectivity index is 2.16. The van der Waals surface area contributed by atoms with Crippen molar-refractivity contribution in [1.29, 1.82) is 0 Å². The molecule has 0 spiro atoms. The van der Waals surface area contributed by atoms with Crippen molar-refractivity contribution < 1.29 is 8.96 Å². The molecule has 0 amide bonds. The molecule has 0 fully saturated rings. The maximum Gasteiger partial charge on any atom is 0.244 e. The van der Waals surface area contributed by atoms with Crippen LogP contribution in [-0.4, -0.2) is 15.9 Å². The van der Waals surface area contributed by atoms with Gasteiger partial charge in [-0.15, -0.1) is 11.8 Å². The van der Waals surface area contributed by atoms with Gasteiger partial charge in [-0.05, 0) is 31.4 Å². The molecule has 0 N–H and O–H groups in total. The molecule has 0 saturated heterocycles. The van der Waals surface area contributed by atoms with Crippen LogP contribution in [-0.2, 0) is 19.1 Å². The minimum absolute atomic E-state index is 0.218. The Hall–Kier alpha value is -1.14. The molecule has 1 aromatic heterocycles. The van der Waals surface area contributed by atoms with Crippen molar-refractivity contribution in [3.63, 3.8) is 0 Å². The fourth-order valence-corrected chi connectivity index (χ4v) is 3.77. The standard InChI is InChI=1S/C15H16BrFN3S/c1-15(11-6-10(16)4-5-12(11)17)8-20-9-19(2)7-13(20)14(18-15)21-3/h4-7,9H,8H2,1-3H3/q+1/t15-/m0/s1. The van der Waals surface area contributed by atoms with Gasteiger partial charge in [0.25, 0.3) is 0 Å². The second kappa shape index (κ2) is 5.25. The minimum atomic E-state index is -0.606. The molecule has 2 aromatic rings. The van der Waals surface area contributed by atoms with E-state index in [4.69, 9.17) is 4.99 Å². The van der Waals surface area contributed by atoms with Gasteiger partial charge in [-0.3, -0.25) is 4.99 Å². The Kier molecular flexibility index (Phi) is 3.69. The molecule has 110 valence electrons. The number of fused-ring (bicyclic) bond motifs is 1. The SMILES string of the molecule is CSC1=N[C@](C)(c2cc(Br)ccc2F)Cn2c[n+](C)cc21. The largest absolute Gasteiger partial charge is 0.259 e. The summed E-state index contributed by atoms with van der Waals surface area (Å²) in [6.45, 7) is 2.61. The van der Waals surface area contributed by atoms with Crippen molar-refractivity contribution in [3.05, 3.63) is 52.3 Å². The maximum atomic E-state index is 14.3. The molecule has 21 heavy (non-hydrogen) atoms. The number of aryl methyl sites for hydroxylation is 1. The Morgan fingerprint density at radius 3 is 2.95 bits per heavy atom. The molecular weight excluding hydrogens is 353 g/mol. The van der Waals surface area contributed by atoms with Crippen molar-refractivity contribution in [2.24, 2.45) is 12.0 Å². The Labute approximate surface area is 136 Å². The summed E-state index contributed by atoms with van der Waals surface area (Å²) in [4.78, 5) is 4.84. The average Bonchev–Trinajstić information content (AvgIpc) is 2.80. The summed E-state index contributed by atoms with van der Waals surface area (Å²) in [6, 6.07) is 5.03. The third-order valence-corrected chi connectivity index (χ3v) is 4.88. The van der Waals surface area contributed by atoms with Crippen molar-refractivity contribution >= 4 is 32.7 Å². The van der Waals surface area contributed by atoms with Gasteiger partial charge in [-0.1, -0.05) is 15.9 Å². The summed E-state index contributed by atoms with van der Waals surface area (Å²) in [5.41, 5.74) is 1.09. The summed E-state index contributed by atoms with van der Waals surface area (Å²) < 4.78 is 19.3. The van der Waals surface area contributed by atoms with E-state index in [9.17, 15) is 4.39 Å². The molecule has 1 aliphatic rings.